The molecule has 3 amide bonds. The Morgan fingerprint density at radius 3 is 2.45 bits per heavy atom. The molecule has 33 heavy (non-hydrogen) atoms. The van der Waals surface area contributed by atoms with Gasteiger partial charge in [0.15, 0.2) is 0 Å². The van der Waals surface area contributed by atoms with Crippen LogP contribution in [0.4, 0.5) is 4.79 Å². The average molecular weight is 446 g/mol. The molecule has 0 unspecified atom stereocenters. The van der Waals surface area contributed by atoms with Crippen LogP contribution in [0.15, 0.2) is 72.8 Å². The van der Waals surface area contributed by atoms with Gasteiger partial charge in [-0.05, 0) is 34.7 Å². The van der Waals surface area contributed by atoms with E-state index in [0.717, 1.165) is 21.9 Å². The van der Waals surface area contributed by atoms with Crippen molar-refractivity contribution in [1.82, 2.24) is 10.2 Å². The van der Waals surface area contributed by atoms with Crippen LogP contribution >= 0.6 is 0 Å². The molecule has 1 heterocycles. The van der Waals surface area contributed by atoms with Crippen LogP contribution in [-0.4, -0.2) is 41.4 Å². The molecule has 1 fully saturated rings. The van der Waals surface area contributed by atoms with Crippen LogP contribution in [0, 0.1) is 0 Å². The van der Waals surface area contributed by atoms with Crippen LogP contribution in [0.3, 0.4) is 0 Å². The van der Waals surface area contributed by atoms with Gasteiger partial charge in [0.2, 0.25) is 11.8 Å². The molecule has 3 N–H and O–H groups in total. The second kappa shape index (κ2) is 10.2. The third-order valence-electron chi connectivity index (χ3n) is 5.91. The molecule has 3 aromatic rings. The van der Waals surface area contributed by atoms with E-state index in [4.69, 9.17) is 10.5 Å². The Kier molecular flexibility index (Phi) is 6.88. The molecule has 0 aromatic heterocycles. The van der Waals surface area contributed by atoms with E-state index in [2.05, 4.69) is 5.32 Å². The van der Waals surface area contributed by atoms with Gasteiger partial charge in [-0.2, -0.15) is 0 Å². The quantitative estimate of drug-likeness (QED) is 0.583. The predicted molar refractivity (Wildman–Crippen MR) is 125 cm³/mol. The number of benzene rings is 3. The number of nitrogens with zero attached hydrogens (tertiary/aromatic N) is 1. The summed E-state index contributed by atoms with van der Waals surface area (Å²) in [6.45, 7) is 0.564. The number of nitrogens with one attached hydrogen (secondary N) is 1. The Bertz CT molecular complexity index is 1150. The van der Waals surface area contributed by atoms with Crippen molar-refractivity contribution < 1.29 is 19.1 Å². The third kappa shape index (κ3) is 5.49. The first-order chi connectivity index (χ1) is 16.0. The van der Waals surface area contributed by atoms with Gasteiger partial charge in [0, 0.05) is 13.0 Å². The lowest BCUT2D eigenvalue weighted by molar-refractivity contribution is -0.130. The fraction of sp³-hybridized carbons (Fsp3) is 0.269. The first-order valence-electron chi connectivity index (χ1n) is 11.1. The second-order valence-corrected chi connectivity index (χ2v) is 8.24. The summed E-state index contributed by atoms with van der Waals surface area (Å²) in [7, 11) is 0. The van der Waals surface area contributed by atoms with Gasteiger partial charge in [-0.15, -0.1) is 0 Å². The molecule has 2 atom stereocenters. The maximum absolute atomic E-state index is 13.0. The van der Waals surface area contributed by atoms with E-state index in [1.165, 1.54) is 4.90 Å². The van der Waals surface area contributed by atoms with Crippen LogP contribution in [0.25, 0.3) is 10.8 Å². The van der Waals surface area contributed by atoms with E-state index in [1.54, 1.807) is 0 Å². The molecule has 1 aliphatic rings. The SMILES string of the molecule is NC(=O)[C@H](Cc1ccc2ccccc2c1)NC(=O)[C@H]1CCCN1C(=O)OCc1ccccc1. The molecular formula is C26H27N3O4. The van der Waals surface area contributed by atoms with E-state index in [1.807, 2.05) is 72.8 Å². The summed E-state index contributed by atoms with van der Waals surface area (Å²) in [4.78, 5) is 39.1. The van der Waals surface area contributed by atoms with Gasteiger partial charge in [-0.1, -0.05) is 72.8 Å². The largest absolute Gasteiger partial charge is 0.445 e. The van der Waals surface area contributed by atoms with E-state index < -0.39 is 30.0 Å². The molecular weight excluding hydrogens is 418 g/mol. The molecule has 0 spiro atoms. The van der Waals surface area contributed by atoms with Crippen LogP contribution in [0.2, 0.25) is 0 Å². The number of carbonyl (C=O) groups excluding carboxylic acids is 3. The molecule has 4 rings (SSSR count). The summed E-state index contributed by atoms with van der Waals surface area (Å²) in [5, 5.41) is 4.89. The number of ether oxygens (including phenoxy) is 1. The Morgan fingerprint density at radius 1 is 0.970 bits per heavy atom. The smallest absolute Gasteiger partial charge is 0.410 e. The van der Waals surface area contributed by atoms with Gasteiger partial charge in [-0.3, -0.25) is 14.5 Å². The molecule has 3 aromatic carbocycles. The Morgan fingerprint density at radius 2 is 1.70 bits per heavy atom. The lowest BCUT2D eigenvalue weighted by Crippen LogP contribution is -2.53. The van der Waals surface area contributed by atoms with Crippen molar-refractivity contribution in [3.8, 4) is 0 Å². The highest BCUT2D eigenvalue weighted by Crippen LogP contribution is 2.20. The Labute approximate surface area is 192 Å². The summed E-state index contributed by atoms with van der Waals surface area (Å²) in [6, 6.07) is 21.6. The molecule has 7 heteroatoms. The summed E-state index contributed by atoms with van der Waals surface area (Å²) in [5.41, 5.74) is 7.35. The molecule has 0 bridgehead atoms. The molecule has 1 saturated heterocycles. The average Bonchev–Trinajstić information content (AvgIpc) is 3.33. The van der Waals surface area contributed by atoms with Gasteiger partial charge >= 0.3 is 6.09 Å². The number of likely N-dealkylation sites (tertiary alicyclic amines) is 1. The zero-order valence-electron chi connectivity index (χ0n) is 18.3. The minimum Gasteiger partial charge on any atom is -0.445 e. The number of nitrogens with two attached hydrogens (primary N) is 1. The van der Waals surface area contributed by atoms with Crippen molar-refractivity contribution in [2.45, 2.75) is 38.0 Å². The highest BCUT2D eigenvalue weighted by molar-refractivity contribution is 5.91. The normalized spacial score (nSPS) is 16.4. The second-order valence-electron chi connectivity index (χ2n) is 8.24. The first-order valence-corrected chi connectivity index (χ1v) is 11.1. The van der Waals surface area contributed by atoms with Gasteiger partial charge in [0.05, 0.1) is 0 Å². The summed E-state index contributed by atoms with van der Waals surface area (Å²) >= 11 is 0. The van der Waals surface area contributed by atoms with Gasteiger partial charge in [0.1, 0.15) is 18.7 Å². The topological polar surface area (TPSA) is 102 Å². The van der Waals surface area contributed by atoms with Crippen molar-refractivity contribution in [3.05, 3.63) is 83.9 Å². The standard InChI is InChI=1S/C26H27N3O4/c27-24(30)22(16-19-12-13-20-9-4-5-10-21(20)15-19)28-25(31)23-11-6-14-29(23)26(32)33-17-18-7-2-1-3-8-18/h1-5,7-10,12-13,15,22-23H,6,11,14,16-17H2,(H2,27,30)(H,28,31)/t22-,23+/m0/s1. The van der Waals surface area contributed by atoms with E-state index >= 15 is 0 Å². The van der Waals surface area contributed by atoms with Crippen molar-refractivity contribution in [3.63, 3.8) is 0 Å². The lowest BCUT2D eigenvalue weighted by Gasteiger charge is -2.25. The monoisotopic (exact) mass is 445 g/mol. The lowest BCUT2D eigenvalue weighted by atomic mass is 10.0. The zero-order chi connectivity index (χ0) is 23.2. The summed E-state index contributed by atoms with van der Waals surface area (Å²) in [6.07, 6.45) is 0.927. The number of rotatable bonds is 7. The molecule has 0 saturated carbocycles. The van der Waals surface area contributed by atoms with Crippen molar-refractivity contribution >= 4 is 28.7 Å². The highest BCUT2D eigenvalue weighted by atomic mass is 16.6. The van der Waals surface area contributed by atoms with E-state index in [9.17, 15) is 14.4 Å². The number of fused-ring (bicyclic) bond motifs is 1. The van der Waals surface area contributed by atoms with Crippen molar-refractivity contribution in [2.24, 2.45) is 5.73 Å². The fourth-order valence-electron chi connectivity index (χ4n) is 4.15. The van der Waals surface area contributed by atoms with Gasteiger partial charge < -0.3 is 15.8 Å². The van der Waals surface area contributed by atoms with E-state index in [0.29, 0.717) is 19.4 Å². The number of carbonyl (C=O) groups is 3. The number of primary amides is 1. The maximum atomic E-state index is 13.0. The fourth-order valence-corrected chi connectivity index (χ4v) is 4.15. The van der Waals surface area contributed by atoms with Crippen molar-refractivity contribution in [1.29, 1.82) is 0 Å². The third-order valence-corrected chi connectivity index (χ3v) is 5.91. The van der Waals surface area contributed by atoms with Gasteiger partial charge in [0.25, 0.3) is 0 Å². The van der Waals surface area contributed by atoms with Gasteiger partial charge in [-0.25, -0.2) is 4.79 Å². The minimum atomic E-state index is -0.874. The predicted octanol–water partition coefficient (Wildman–Crippen LogP) is 3.15. The molecule has 0 aliphatic carbocycles. The maximum Gasteiger partial charge on any atom is 0.410 e. The van der Waals surface area contributed by atoms with Crippen LogP contribution in [-0.2, 0) is 27.4 Å². The number of hydrogen-bond donors (Lipinski definition) is 2. The minimum absolute atomic E-state index is 0.135. The molecule has 7 nitrogen and oxygen atoms in total. The number of amides is 3. The zero-order valence-corrected chi connectivity index (χ0v) is 18.3. The Balaban J connectivity index is 1.39. The molecule has 170 valence electrons. The number of hydrogen-bond acceptors (Lipinski definition) is 4. The van der Waals surface area contributed by atoms with Crippen molar-refractivity contribution in [2.75, 3.05) is 6.54 Å². The Hall–Kier alpha value is -3.87. The molecule has 1 aliphatic heterocycles. The summed E-state index contributed by atoms with van der Waals surface area (Å²) < 4.78 is 5.40. The summed E-state index contributed by atoms with van der Waals surface area (Å²) in [5.74, 6) is -1.01. The highest BCUT2D eigenvalue weighted by Gasteiger charge is 2.36. The van der Waals surface area contributed by atoms with Crippen LogP contribution in [0.1, 0.15) is 24.0 Å². The van der Waals surface area contributed by atoms with E-state index in [-0.39, 0.29) is 13.0 Å². The van der Waals surface area contributed by atoms with Crippen LogP contribution < -0.4 is 11.1 Å². The molecule has 0 radical (unpaired) electrons. The van der Waals surface area contributed by atoms with Crippen LogP contribution in [0.5, 0.6) is 0 Å². The first kappa shape index (κ1) is 22.3.